The molecule has 28 heavy (non-hydrogen) atoms. The summed E-state index contributed by atoms with van der Waals surface area (Å²) >= 11 is 0. The van der Waals surface area contributed by atoms with Crippen molar-refractivity contribution in [1.29, 1.82) is 0 Å². The van der Waals surface area contributed by atoms with Crippen LogP contribution < -0.4 is 9.46 Å². The van der Waals surface area contributed by atoms with E-state index in [1.54, 1.807) is 12.1 Å². The summed E-state index contributed by atoms with van der Waals surface area (Å²) in [6.07, 6.45) is 5.06. The van der Waals surface area contributed by atoms with Crippen molar-refractivity contribution in [2.24, 2.45) is 11.8 Å². The minimum atomic E-state index is -3.55. The Morgan fingerprint density at radius 2 is 1.86 bits per heavy atom. The van der Waals surface area contributed by atoms with Gasteiger partial charge in [-0.2, -0.15) is 0 Å². The molecule has 1 heterocycles. The molecule has 2 aliphatic rings. The quantitative estimate of drug-likeness (QED) is 0.714. The highest BCUT2D eigenvalue weighted by Crippen LogP contribution is 2.32. The molecule has 1 aliphatic carbocycles. The minimum Gasteiger partial charge on any atom is -0.497 e. The van der Waals surface area contributed by atoms with Gasteiger partial charge in [0.1, 0.15) is 5.75 Å². The number of nitrogens with one attached hydrogen (secondary N) is 1. The van der Waals surface area contributed by atoms with E-state index < -0.39 is 10.0 Å². The number of hydrogen-bond donors (Lipinski definition) is 2. The van der Waals surface area contributed by atoms with Crippen LogP contribution in [0.2, 0.25) is 0 Å². The molecule has 1 saturated heterocycles. The highest BCUT2D eigenvalue weighted by atomic mass is 32.2. The maximum atomic E-state index is 12.7. The van der Waals surface area contributed by atoms with Crippen molar-refractivity contribution >= 4 is 15.9 Å². The predicted octanol–water partition coefficient (Wildman–Crippen LogP) is 1.76. The van der Waals surface area contributed by atoms with Gasteiger partial charge < -0.3 is 14.7 Å². The number of likely N-dealkylation sites (tertiary alicyclic amines) is 1. The molecule has 1 atom stereocenters. The van der Waals surface area contributed by atoms with Crippen LogP contribution in [0.4, 0.5) is 0 Å². The maximum absolute atomic E-state index is 12.7. The second-order valence-corrected chi connectivity index (χ2v) is 9.52. The molecule has 0 radical (unpaired) electrons. The zero-order valence-corrected chi connectivity index (χ0v) is 17.2. The van der Waals surface area contributed by atoms with E-state index in [0.717, 1.165) is 45.1 Å². The molecule has 156 valence electrons. The van der Waals surface area contributed by atoms with Gasteiger partial charge in [0.05, 0.1) is 24.7 Å². The number of sulfonamides is 1. The number of amides is 1. The van der Waals surface area contributed by atoms with Gasteiger partial charge in [0.25, 0.3) is 0 Å². The second-order valence-electron chi connectivity index (χ2n) is 7.76. The molecule has 3 rings (SSSR count). The van der Waals surface area contributed by atoms with E-state index in [4.69, 9.17) is 4.74 Å². The summed E-state index contributed by atoms with van der Waals surface area (Å²) in [4.78, 5) is 14.8. The van der Waals surface area contributed by atoms with E-state index in [9.17, 15) is 18.3 Å². The first kappa shape index (κ1) is 21.1. The molecule has 8 heteroatoms. The van der Waals surface area contributed by atoms with Crippen molar-refractivity contribution in [3.8, 4) is 5.75 Å². The van der Waals surface area contributed by atoms with E-state index in [1.165, 1.54) is 19.2 Å². The van der Waals surface area contributed by atoms with Crippen LogP contribution in [0.25, 0.3) is 0 Å². The van der Waals surface area contributed by atoms with Crippen molar-refractivity contribution in [3.63, 3.8) is 0 Å². The predicted molar refractivity (Wildman–Crippen MR) is 105 cm³/mol. The number of aliphatic hydroxyl groups excluding tert-OH is 1. The highest BCUT2D eigenvalue weighted by Gasteiger charge is 2.34. The molecule has 2 N–H and O–H groups in total. The van der Waals surface area contributed by atoms with Gasteiger partial charge in [-0.1, -0.05) is 0 Å². The Kier molecular flexibility index (Phi) is 6.95. The van der Waals surface area contributed by atoms with Crippen LogP contribution in [0.3, 0.4) is 0 Å². The van der Waals surface area contributed by atoms with Gasteiger partial charge in [-0.3, -0.25) is 4.79 Å². The van der Waals surface area contributed by atoms with Crippen LogP contribution in [0.1, 0.15) is 38.5 Å². The highest BCUT2D eigenvalue weighted by molar-refractivity contribution is 7.89. The van der Waals surface area contributed by atoms with Crippen molar-refractivity contribution < 1.29 is 23.1 Å². The number of rotatable bonds is 7. The van der Waals surface area contributed by atoms with Gasteiger partial charge in [0.15, 0.2) is 0 Å². The van der Waals surface area contributed by atoms with E-state index in [-0.39, 0.29) is 35.3 Å². The van der Waals surface area contributed by atoms with Crippen LogP contribution in [-0.4, -0.2) is 57.2 Å². The van der Waals surface area contributed by atoms with Crippen LogP contribution >= 0.6 is 0 Å². The fraction of sp³-hybridized carbons (Fsp3) is 0.650. The van der Waals surface area contributed by atoms with Gasteiger partial charge in [0.2, 0.25) is 15.9 Å². The third-order valence-electron chi connectivity index (χ3n) is 6.00. The zero-order valence-electron chi connectivity index (χ0n) is 16.3. The number of aliphatic hydroxyl groups is 1. The van der Waals surface area contributed by atoms with Gasteiger partial charge in [-0.05, 0) is 68.7 Å². The van der Waals surface area contributed by atoms with Gasteiger partial charge >= 0.3 is 0 Å². The molecule has 1 aromatic carbocycles. The van der Waals surface area contributed by atoms with E-state index in [2.05, 4.69) is 4.72 Å². The van der Waals surface area contributed by atoms with Crippen LogP contribution in [-0.2, 0) is 14.8 Å². The number of nitrogens with zero attached hydrogens (tertiary/aromatic N) is 1. The average molecular weight is 411 g/mol. The Morgan fingerprint density at radius 1 is 1.18 bits per heavy atom. The van der Waals surface area contributed by atoms with Crippen LogP contribution in [0.15, 0.2) is 29.2 Å². The molecule has 1 saturated carbocycles. The molecule has 0 bridgehead atoms. The number of carbonyl (C=O) groups excluding carboxylic acids is 1. The average Bonchev–Trinajstić information content (AvgIpc) is 3.21. The maximum Gasteiger partial charge on any atom is 0.240 e. The monoisotopic (exact) mass is 410 g/mol. The van der Waals surface area contributed by atoms with Gasteiger partial charge in [0, 0.05) is 19.0 Å². The van der Waals surface area contributed by atoms with E-state index in [0.29, 0.717) is 12.3 Å². The van der Waals surface area contributed by atoms with Crippen molar-refractivity contribution in [2.45, 2.75) is 49.5 Å². The Bertz CT molecular complexity index is 757. The standard InChI is InChI=1S/C20H30N2O5S/c1-27-18-8-10-19(11-9-18)28(25,26)21-13-15-4-6-16(7-5-15)20(24)22-12-2-3-17(22)14-23/h8-11,15-17,21,23H,2-7,12-14H2,1H3/t15?,16?,17-/m1/s1. The molecule has 2 fully saturated rings. The summed E-state index contributed by atoms with van der Waals surface area (Å²) in [5.74, 6) is 1.02. The lowest BCUT2D eigenvalue weighted by atomic mass is 9.81. The SMILES string of the molecule is COc1ccc(S(=O)(=O)NCC2CCC(C(=O)N3CCC[C@@H]3CO)CC2)cc1. The first-order valence-electron chi connectivity index (χ1n) is 9.99. The molecule has 1 aromatic rings. The summed E-state index contributed by atoms with van der Waals surface area (Å²) in [7, 11) is -2.01. The molecule has 0 spiro atoms. The topological polar surface area (TPSA) is 95.9 Å². The lowest BCUT2D eigenvalue weighted by molar-refractivity contribution is -0.138. The third kappa shape index (κ3) is 4.85. The Hall–Kier alpha value is -1.64. The first-order valence-corrected chi connectivity index (χ1v) is 11.5. The number of benzene rings is 1. The fourth-order valence-corrected chi connectivity index (χ4v) is 5.35. The number of hydrogen-bond acceptors (Lipinski definition) is 5. The largest absolute Gasteiger partial charge is 0.497 e. The molecule has 0 unspecified atom stereocenters. The minimum absolute atomic E-state index is 0.00148. The van der Waals surface area contributed by atoms with Crippen molar-refractivity contribution in [2.75, 3.05) is 26.8 Å². The Balaban J connectivity index is 1.48. The number of carbonyl (C=O) groups is 1. The molecular weight excluding hydrogens is 380 g/mol. The van der Waals surface area contributed by atoms with Crippen molar-refractivity contribution in [1.82, 2.24) is 9.62 Å². The number of methoxy groups -OCH3 is 1. The molecule has 7 nitrogen and oxygen atoms in total. The summed E-state index contributed by atoms with van der Waals surface area (Å²) in [5, 5.41) is 9.43. The first-order chi connectivity index (χ1) is 13.4. The summed E-state index contributed by atoms with van der Waals surface area (Å²) in [5.41, 5.74) is 0. The second kappa shape index (κ2) is 9.24. The lowest BCUT2D eigenvalue weighted by Crippen LogP contribution is -2.42. The Labute approximate surface area is 167 Å². The summed E-state index contributed by atoms with van der Waals surface area (Å²) in [6, 6.07) is 6.29. The summed E-state index contributed by atoms with van der Waals surface area (Å²) in [6.45, 7) is 1.16. The Morgan fingerprint density at radius 3 is 2.46 bits per heavy atom. The normalized spacial score (nSPS) is 25.6. The summed E-state index contributed by atoms with van der Waals surface area (Å²) < 4.78 is 32.7. The van der Waals surface area contributed by atoms with Gasteiger partial charge in [-0.25, -0.2) is 13.1 Å². The molecule has 1 aliphatic heterocycles. The van der Waals surface area contributed by atoms with Crippen molar-refractivity contribution in [3.05, 3.63) is 24.3 Å². The fourth-order valence-electron chi connectivity index (χ4n) is 4.23. The zero-order chi connectivity index (χ0) is 20.1. The molecule has 1 amide bonds. The third-order valence-corrected chi connectivity index (χ3v) is 7.44. The van der Waals surface area contributed by atoms with E-state index in [1.807, 2.05) is 4.90 Å². The van der Waals surface area contributed by atoms with Crippen LogP contribution in [0, 0.1) is 11.8 Å². The smallest absolute Gasteiger partial charge is 0.240 e. The van der Waals surface area contributed by atoms with E-state index >= 15 is 0 Å². The lowest BCUT2D eigenvalue weighted by Gasteiger charge is -2.32. The number of ether oxygens (including phenoxy) is 1. The van der Waals surface area contributed by atoms with Crippen LogP contribution in [0.5, 0.6) is 5.75 Å². The molecular formula is C20H30N2O5S. The van der Waals surface area contributed by atoms with Gasteiger partial charge in [-0.15, -0.1) is 0 Å². The molecule has 0 aromatic heterocycles.